The first-order valence-electron chi connectivity index (χ1n) is 6.22. The highest BCUT2D eigenvalue weighted by atomic mass is 16.4. The SMILES string of the molecule is Cc1cc2c(cc1N1CCNCC1)oc(=O)n2C. The number of nitrogens with zero attached hydrogens (tertiary/aromatic N) is 2. The smallest absolute Gasteiger partial charge is 0.408 e. The molecule has 0 spiro atoms. The summed E-state index contributed by atoms with van der Waals surface area (Å²) in [6.07, 6.45) is 0. The van der Waals surface area contributed by atoms with E-state index in [0.717, 1.165) is 31.7 Å². The van der Waals surface area contributed by atoms with Crippen LogP contribution in [0.2, 0.25) is 0 Å². The number of hydrogen-bond acceptors (Lipinski definition) is 4. The molecule has 0 bridgehead atoms. The Balaban J connectivity index is 2.12. The highest BCUT2D eigenvalue weighted by molar-refractivity contribution is 5.80. The summed E-state index contributed by atoms with van der Waals surface area (Å²) in [4.78, 5) is 13.8. The van der Waals surface area contributed by atoms with E-state index in [-0.39, 0.29) is 5.76 Å². The van der Waals surface area contributed by atoms with E-state index in [4.69, 9.17) is 4.42 Å². The molecule has 0 unspecified atom stereocenters. The summed E-state index contributed by atoms with van der Waals surface area (Å²) in [5, 5.41) is 3.34. The topological polar surface area (TPSA) is 50.4 Å². The molecule has 1 aromatic carbocycles. The second-order valence-electron chi connectivity index (χ2n) is 4.77. The Morgan fingerprint density at radius 1 is 1.28 bits per heavy atom. The van der Waals surface area contributed by atoms with Gasteiger partial charge in [-0.1, -0.05) is 0 Å². The molecule has 2 heterocycles. The summed E-state index contributed by atoms with van der Waals surface area (Å²) in [6, 6.07) is 4.01. The Bertz CT molecular complexity index is 635. The molecule has 0 amide bonds. The molecule has 1 saturated heterocycles. The van der Waals surface area contributed by atoms with Gasteiger partial charge in [0.25, 0.3) is 0 Å². The molecule has 0 aliphatic carbocycles. The van der Waals surface area contributed by atoms with Crippen molar-refractivity contribution in [3.8, 4) is 0 Å². The van der Waals surface area contributed by atoms with Crippen molar-refractivity contribution >= 4 is 16.8 Å². The molecule has 1 fully saturated rings. The van der Waals surface area contributed by atoms with Gasteiger partial charge in [0.05, 0.1) is 5.52 Å². The van der Waals surface area contributed by atoms with Crippen LogP contribution < -0.4 is 16.0 Å². The molecule has 0 radical (unpaired) electrons. The third-order valence-electron chi connectivity index (χ3n) is 3.57. The molecule has 0 saturated carbocycles. The van der Waals surface area contributed by atoms with Crippen LogP contribution in [-0.4, -0.2) is 30.7 Å². The van der Waals surface area contributed by atoms with Gasteiger partial charge >= 0.3 is 5.76 Å². The number of oxazole rings is 1. The maximum Gasteiger partial charge on any atom is 0.419 e. The van der Waals surface area contributed by atoms with Gasteiger partial charge in [-0.25, -0.2) is 4.79 Å². The average Bonchev–Trinajstić information content (AvgIpc) is 2.66. The van der Waals surface area contributed by atoms with Crippen molar-refractivity contribution in [1.82, 2.24) is 9.88 Å². The zero-order chi connectivity index (χ0) is 12.7. The molecule has 5 heteroatoms. The van der Waals surface area contributed by atoms with E-state index in [0.29, 0.717) is 5.58 Å². The Morgan fingerprint density at radius 3 is 2.72 bits per heavy atom. The second kappa shape index (κ2) is 4.17. The molecule has 3 rings (SSSR count). The van der Waals surface area contributed by atoms with Crippen molar-refractivity contribution in [2.75, 3.05) is 31.1 Å². The Labute approximate surface area is 105 Å². The lowest BCUT2D eigenvalue weighted by molar-refractivity contribution is 0.527. The Kier molecular flexibility index (Phi) is 2.63. The quantitative estimate of drug-likeness (QED) is 0.811. The fourth-order valence-electron chi connectivity index (χ4n) is 2.51. The average molecular weight is 247 g/mol. The van der Waals surface area contributed by atoms with E-state index < -0.39 is 0 Å². The van der Waals surface area contributed by atoms with Gasteiger partial charge in [-0.05, 0) is 18.6 Å². The molecule has 1 N–H and O–H groups in total. The van der Waals surface area contributed by atoms with Gasteiger partial charge in [0, 0.05) is 45.0 Å². The maximum atomic E-state index is 11.5. The summed E-state index contributed by atoms with van der Waals surface area (Å²) in [7, 11) is 1.73. The van der Waals surface area contributed by atoms with Gasteiger partial charge in [-0.3, -0.25) is 4.57 Å². The number of rotatable bonds is 1. The predicted octanol–water partition coefficient (Wildman–Crippen LogP) is 0.850. The van der Waals surface area contributed by atoms with Crippen LogP contribution in [0.15, 0.2) is 21.3 Å². The van der Waals surface area contributed by atoms with E-state index in [1.807, 2.05) is 12.1 Å². The van der Waals surface area contributed by atoms with Gasteiger partial charge in [0.15, 0.2) is 5.58 Å². The first kappa shape index (κ1) is 11.3. The zero-order valence-electron chi connectivity index (χ0n) is 10.7. The first-order valence-corrected chi connectivity index (χ1v) is 6.22. The summed E-state index contributed by atoms with van der Waals surface area (Å²) >= 11 is 0. The molecule has 96 valence electrons. The van der Waals surface area contributed by atoms with E-state index in [1.54, 1.807) is 11.6 Å². The first-order chi connectivity index (χ1) is 8.66. The normalized spacial score (nSPS) is 16.4. The third-order valence-corrected chi connectivity index (χ3v) is 3.57. The molecular weight excluding hydrogens is 230 g/mol. The second-order valence-corrected chi connectivity index (χ2v) is 4.77. The summed E-state index contributed by atoms with van der Waals surface area (Å²) in [5.74, 6) is -0.304. The van der Waals surface area contributed by atoms with Crippen molar-refractivity contribution < 1.29 is 4.42 Å². The minimum absolute atomic E-state index is 0.304. The summed E-state index contributed by atoms with van der Waals surface area (Å²) in [5.41, 5.74) is 3.87. The Hall–Kier alpha value is -1.75. The van der Waals surface area contributed by atoms with Crippen LogP contribution in [0.5, 0.6) is 0 Å². The molecule has 1 aliphatic heterocycles. The molecule has 0 atom stereocenters. The van der Waals surface area contributed by atoms with Crippen molar-refractivity contribution in [3.63, 3.8) is 0 Å². The fraction of sp³-hybridized carbons (Fsp3) is 0.462. The van der Waals surface area contributed by atoms with Crippen molar-refractivity contribution in [3.05, 3.63) is 28.2 Å². The van der Waals surface area contributed by atoms with Crippen LogP contribution in [-0.2, 0) is 7.05 Å². The number of aromatic nitrogens is 1. The van der Waals surface area contributed by atoms with Crippen LogP contribution in [0, 0.1) is 6.92 Å². The number of nitrogens with one attached hydrogen (secondary N) is 1. The van der Waals surface area contributed by atoms with E-state index >= 15 is 0 Å². The standard InChI is InChI=1S/C13H17N3O2/c1-9-7-11-12(18-13(17)15(11)2)8-10(9)16-5-3-14-4-6-16/h7-8,14H,3-6H2,1-2H3. The predicted molar refractivity (Wildman–Crippen MR) is 71.3 cm³/mol. The third kappa shape index (κ3) is 1.71. The molecule has 1 aromatic heterocycles. The lowest BCUT2D eigenvalue weighted by atomic mass is 10.1. The summed E-state index contributed by atoms with van der Waals surface area (Å²) < 4.78 is 6.80. The maximum absolute atomic E-state index is 11.5. The highest BCUT2D eigenvalue weighted by Gasteiger charge is 2.15. The number of anilines is 1. The van der Waals surface area contributed by atoms with Crippen LogP contribution in [0.1, 0.15) is 5.56 Å². The van der Waals surface area contributed by atoms with Gasteiger partial charge in [0.2, 0.25) is 0 Å². The van der Waals surface area contributed by atoms with Gasteiger partial charge in [0.1, 0.15) is 0 Å². The number of benzene rings is 1. The minimum atomic E-state index is -0.304. The van der Waals surface area contributed by atoms with Crippen LogP contribution in [0.4, 0.5) is 5.69 Å². The van der Waals surface area contributed by atoms with E-state index in [1.165, 1.54) is 11.3 Å². The lowest BCUT2D eigenvalue weighted by Gasteiger charge is -2.30. The summed E-state index contributed by atoms with van der Waals surface area (Å²) in [6.45, 7) is 6.05. The van der Waals surface area contributed by atoms with Gasteiger partial charge in [-0.15, -0.1) is 0 Å². The van der Waals surface area contributed by atoms with Gasteiger partial charge in [-0.2, -0.15) is 0 Å². The number of fused-ring (bicyclic) bond motifs is 1. The van der Waals surface area contributed by atoms with E-state index in [9.17, 15) is 4.79 Å². The van der Waals surface area contributed by atoms with Crippen molar-refractivity contribution in [2.24, 2.45) is 7.05 Å². The molecule has 2 aromatic rings. The molecule has 1 aliphatic rings. The number of piperazine rings is 1. The Morgan fingerprint density at radius 2 is 2.00 bits per heavy atom. The van der Waals surface area contributed by atoms with Crippen LogP contribution in [0.25, 0.3) is 11.1 Å². The highest BCUT2D eigenvalue weighted by Crippen LogP contribution is 2.26. The minimum Gasteiger partial charge on any atom is -0.408 e. The van der Waals surface area contributed by atoms with Crippen LogP contribution in [0.3, 0.4) is 0 Å². The number of hydrogen-bond donors (Lipinski definition) is 1. The van der Waals surface area contributed by atoms with Crippen molar-refractivity contribution in [2.45, 2.75) is 6.92 Å². The monoisotopic (exact) mass is 247 g/mol. The van der Waals surface area contributed by atoms with Crippen LogP contribution >= 0.6 is 0 Å². The lowest BCUT2D eigenvalue weighted by Crippen LogP contribution is -2.43. The molecule has 5 nitrogen and oxygen atoms in total. The van der Waals surface area contributed by atoms with Crippen molar-refractivity contribution in [1.29, 1.82) is 0 Å². The largest absolute Gasteiger partial charge is 0.419 e. The number of aryl methyl sites for hydroxylation is 2. The fourth-order valence-corrected chi connectivity index (χ4v) is 2.51. The molecule has 18 heavy (non-hydrogen) atoms. The zero-order valence-corrected chi connectivity index (χ0v) is 10.7. The van der Waals surface area contributed by atoms with E-state index in [2.05, 4.69) is 17.1 Å². The van der Waals surface area contributed by atoms with Gasteiger partial charge < -0.3 is 14.6 Å². The molecular formula is C13H17N3O2.